The molecular weight excluding hydrogens is 355 g/mol. The highest BCUT2D eigenvalue weighted by Crippen LogP contribution is 2.32. The molecule has 0 aliphatic heterocycles. The minimum absolute atomic E-state index is 0.0524. The minimum atomic E-state index is -0.253. The predicted octanol–water partition coefficient (Wildman–Crippen LogP) is 4.77. The molecule has 5 heteroatoms. The average molecular weight is 372 g/mol. The second kappa shape index (κ2) is 7.25. The van der Waals surface area contributed by atoms with Gasteiger partial charge in [0, 0.05) is 28.3 Å². The van der Waals surface area contributed by atoms with Crippen molar-refractivity contribution in [3.05, 3.63) is 63.3 Å². The Morgan fingerprint density at radius 3 is 2.62 bits per heavy atom. The lowest BCUT2D eigenvalue weighted by atomic mass is 10.0. The van der Waals surface area contributed by atoms with Crippen LogP contribution in [0.25, 0.3) is 0 Å². The second-order valence-electron chi connectivity index (χ2n) is 4.68. The van der Waals surface area contributed by atoms with E-state index in [1.807, 2.05) is 31.2 Å². The number of nitrogens with zero attached hydrogens (tertiary/aromatic N) is 1. The van der Waals surface area contributed by atoms with Crippen LogP contribution in [-0.2, 0) is 0 Å². The van der Waals surface area contributed by atoms with Crippen molar-refractivity contribution in [2.45, 2.75) is 13.0 Å². The topological polar surface area (TPSA) is 29.3 Å². The van der Waals surface area contributed by atoms with Gasteiger partial charge in [0.05, 0.1) is 6.04 Å². The first-order valence-corrected chi connectivity index (χ1v) is 7.91. The van der Waals surface area contributed by atoms with Crippen LogP contribution < -0.4 is 10.6 Å². The predicted molar refractivity (Wildman–Crippen MR) is 90.4 cm³/mol. The van der Waals surface area contributed by atoms with Crippen LogP contribution in [0.2, 0.25) is 5.02 Å². The summed E-state index contributed by atoms with van der Waals surface area (Å²) in [5.74, 6) is -0.253. The van der Waals surface area contributed by atoms with Crippen LogP contribution in [0, 0.1) is 5.82 Å². The zero-order chi connectivity index (χ0) is 15.4. The van der Waals surface area contributed by atoms with Crippen molar-refractivity contribution < 1.29 is 4.39 Å². The highest BCUT2D eigenvalue weighted by molar-refractivity contribution is 9.10. The van der Waals surface area contributed by atoms with E-state index in [1.54, 1.807) is 6.07 Å². The Bertz CT molecular complexity index is 621. The third-order valence-corrected chi connectivity index (χ3v) is 4.32. The molecule has 1 unspecified atom stereocenters. The first-order valence-electron chi connectivity index (χ1n) is 6.74. The highest BCUT2D eigenvalue weighted by atomic mass is 79.9. The van der Waals surface area contributed by atoms with E-state index in [-0.39, 0.29) is 11.9 Å². The fraction of sp³-hybridized carbons (Fsp3) is 0.250. The van der Waals surface area contributed by atoms with E-state index in [4.69, 9.17) is 17.3 Å². The lowest BCUT2D eigenvalue weighted by Gasteiger charge is -2.33. The van der Waals surface area contributed by atoms with E-state index in [0.29, 0.717) is 11.6 Å². The van der Waals surface area contributed by atoms with E-state index in [2.05, 4.69) is 20.8 Å². The van der Waals surface area contributed by atoms with Gasteiger partial charge in [-0.25, -0.2) is 4.39 Å². The van der Waals surface area contributed by atoms with Crippen molar-refractivity contribution in [2.75, 3.05) is 18.0 Å². The molecule has 2 N–H and O–H groups in total. The van der Waals surface area contributed by atoms with Gasteiger partial charge in [0.2, 0.25) is 0 Å². The molecule has 0 radical (unpaired) electrons. The van der Waals surface area contributed by atoms with Crippen molar-refractivity contribution in [2.24, 2.45) is 5.73 Å². The zero-order valence-electron chi connectivity index (χ0n) is 11.7. The molecule has 0 bridgehead atoms. The SMILES string of the molecule is CCN(c1cccc(F)c1)C(CN)c1ccc(Cl)cc1Br. The summed E-state index contributed by atoms with van der Waals surface area (Å²) in [6.45, 7) is 3.17. The Morgan fingerprint density at radius 1 is 1.29 bits per heavy atom. The Balaban J connectivity index is 2.42. The first-order chi connectivity index (χ1) is 10.1. The van der Waals surface area contributed by atoms with E-state index in [0.717, 1.165) is 22.3 Å². The molecule has 0 aliphatic carbocycles. The van der Waals surface area contributed by atoms with Crippen molar-refractivity contribution >= 4 is 33.2 Å². The van der Waals surface area contributed by atoms with Gasteiger partial charge in [-0.05, 0) is 42.8 Å². The molecule has 112 valence electrons. The van der Waals surface area contributed by atoms with Gasteiger partial charge in [0.1, 0.15) is 5.82 Å². The van der Waals surface area contributed by atoms with Gasteiger partial charge < -0.3 is 10.6 Å². The summed E-state index contributed by atoms with van der Waals surface area (Å²) in [6.07, 6.45) is 0. The number of anilines is 1. The number of benzene rings is 2. The molecule has 2 rings (SSSR count). The third kappa shape index (κ3) is 3.76. The number of hydrogen-bond donors (Lipinski definition) is 1. The first kappa shape index (κ1) is 16.3. The van der Waals surface area contributed by atoms with Crippen molar-refractivity contribution in [3.8, 4) is 0 Å². The maximum absolute atomic E-state index is 13.5. The molecule has 1 atom stereocenters. The van der Waals surface area contributed by atoms with Crippen LogP contribution in [0.15, 0.2) is 46.9 Å². The number of hydrogen-bond acceptors (Lipinski definition) is 2. The lowest BCUT2D eigenvalue weighted by molar-refractivity contribution is 0.615. The van der Waals surface area contributed by atoms with Crippen molar-refractivity contribution in [3.63, 3.8) is 0 Å². The summed E-state index contributed by atoms with van der Waals surface area (Å²) in [5.41, 5.74) is 7.82. The second-order valence-corrected chi connectivity index (χ2v) is 5.97. The van der Waals surface area contributed by atoms with Gasteiger partial charge in [0.25, 0.3) is 0 Å². The van der Waals surface area contributed by atoms with Gasteiger partial charge in [-0.1, -0.05) is 39.7 Å². The van der Waals surface area contributed by atoms with Gasteiger partial charge in [-0.2, -0.15) is 0 Å². The average Bonchev–Trinajstić information content (AvgIpc) is 2.45. The highest BCUT2D eigenvalue weighted by Gasteiger charge is 2.21. The van der Waals surface area contributed by atoms with E-state index >= 15 is 0 Å². The minimum Gasteiger partial charge on any atom is -0.363 e. The summed E-state index contributed by atoms with van der Waals surface area (Å²) >= 11 is 9.52. The molecule has 0 amide bonds. The third-order valence-electron chi connectivity index (χ3n) is 3.40. The Hall–Kier alpha value is -1.10. The van der Waals surface area contributed by atoms with Crippen LogP contribution in [0.5, 0.6) is 0 Å². The van der Waals surface area contributed by atoms with Crippen LogP contribution >= 0.6 is 27.5 Å². The lowest BCUT2D eigenvalue weighted by Crippen LogP contribution is -2.34. The van der Waals surface area contributed by atoms with Crippen LogP contribution in [0.1, 0.15) is 18.5 Å². The Kier molecular flexibility index (Phi) is 5.62. The molecule has 2 aromatic rings. The fourth-order valence-electron chi connectivity index (χ4n) is 2.43. The Morgan fingerprint density at radius 2 is 2.05 bits per heavy atom. The Labute approximate surface area is 137 Å². The van der Waals surface area contributed by atoms with E-state index in [1.165, 1.54) is 12.1 Å². The maximum atomic E-state index is 13.5. The normalized spacial score (nSPS) is 12.2. The molecule has 2 nitrogen and oxygen atoms in total. The number of halogens is 3. The van der Waals surface area contributed by atoms with Gasteiger partial charge in [0.15, 0.2) is 0 Å². The maximum Gasteiger partial charge on any atom is 0.125 e. The molecule has 0 aromatic heterocycles. The van der Waals surface area contributed by atoms with Crippen LogP contribution in [0.4, 0.5) is 10.1 Å². The van der Waals surface area contributed by atoms with Gasteiger partial charge in [-0.3, -0.25) is 0 Å². The number of likely N-dealkylation sites (N-methyl/N-ethyl adjacent to an activating group) is 1. The largest absolute Gasteiger partial charge is 0.363 e. The molecule has 0 spiro atoms. The quantitative estimate of drug-likeness (QED) is 0.820. The zero-order valence-corrected chi connectivity index (χ0v) is 14.0. The summed E-state index contributed by atoms with van der Waals surface area (Å²) in [6, 6.07) is 12.1. The van der Waals surface area contributed by atoms with Crippen molar-refractivity contribution in [1.29, 1.82) is 0 Å². The molecule has 0 saturated carbocycles. The number of nitrogens with two attached hydrogens (primary N) is 1. The van der Waals surface area contributed by atoms with Crippen molar-refractivity contribution in [1.82, 2.24) is 0 Å². The molecule has 0 fully saturated rings. The monoisotopic (exact) mass is 370 g/mol. The fourth-order valence-corrected chi connectivity index (χ4v) is 3.38. The summed E-state index contributed by atoms with van der Waals surface area (Å²) in [7, 11) is 0. The molecule has 2 aromatic carbocycles. The standard InChI is InChI=1S/C16H17BrClFN2/c1-2-21(13-5-3-4-12(19)9-13)16(10-20)14-7-6-11(18)8-15(14)17/h3-9,16H,2,10,20H2,1H3. The molecule has 0 heterocycles. The van der Waals surface area contributed by atoms with E-state index < -0.39 is 0 Å². The molecule has 21 heavy (non-hydrogen) atoms. The van der Waals surface area contributed by atoms with Gasteiger partial charge >= 0.3 is 0 Å². The summed E-state index contributed by atoms with van der Waals surface area (Å²) in [5, 5.41) is 0.662. The van der Waals surface area contributed by atoms with E-state index in [9.17, 15) is 4.39 Å². The van der Waals surface area contributed by atoms with Crippen LogP contribution in [-0.4, -0.2) is 13.1 Å². The molecule has 0 aliphatic rings. The molecule has 0 saturated heterocycles. The smallest absolute Gasteiger partial charge is 0.125 e. The summed E-state index contributed by atoms with van der Waals surface area (Å²) in [4.78, 5) is 2.08. The van der Waals surface area contributed by atoms with Gasteiger partial charge in [-0.15, -0.1) is 0 Å². The number of rotatable bonds is 5. The van der Waals surface area contributed by atoms with Crippen LogP contribution in [0.3, 0.4) is 0 Å². The summed E-state index contributed by atoms with van der Waals surface area (Å²) < 4.78 is 14.4. The molecular formula is C16H17BrClFN2.